The van der Waals surface area contributed by atoms with Gasteiger partial charge in [0.1, 0.15) is 0 Å². The van der Waals surface area contributed by atoms with Crippen LogP contribution >= 0.6 is 0 Å². The molecule has 1 aliphatic heterocycles. The number of anilines is 1. The van der Waals surface area contributed by atoms with Gasteiger partial charge in [-0.15, -0.1) is 0 Å². The lowest BCUT2D eigenvalue weighted by Crippen LogP contribution is -2.07. The van der Waals surface area contributed by atoms with Gasteiger partial charge < -0.3 is 4.74 Å². The highest BCUT2D eigenvalue weighted by Gasteiger charge is 2.16. The molecule has 1 aromatic carbocycles. The Morgan fingerprint density at radius 2 is 2.25 bits per heavy atom. The fourth-order valence-corrected chi connectivity index (χ4v) is 1.51. The molecule has 0 bridgehead atoms. The van der Waals surface area contributed by atoms with Gasteiger partial charge in [-0.05, 0) is 19.1 Å². The van der Waals surface area contributed by atoms with Crippen molar-refractivity contribution in [2.75, 3.05) is 12.0 Å². The number of rotatable bonds is 2. The maximum Gasteiger partial charge on any atom is 0.338 e. The summed E-state index contributed by atoms with van der Waals surface area (Å²) in [5.41, 5.74) is 4.99. The first-order valence-electron chi connectivity index (χ1n) is 5.09. The number of ether oxygens (including phenoxy) is 1. The molecule has 0 fully saturated rings. The highest BCUT2D eigenvalue weighted by molar-refractivity contribution is 6.21. The van der Waals surface area contributed by atoms with Gasteiger partial charge in [0.05, 0.1) is 17.9 Å². The molecule has 0 unspecified atom stereocenters. The lowest BCUT2D eigenvalue weighted by Gasteiger charge is -2.09. The molecule has 0 amide bonds. The van der Waals surface area contributed by atoms with Crippen LogP contribution in [0.1, 0.15) is 12.5 Å². The van der Waals surface area contributed by atoms with E-state index in [0.29, 0.717) is 12.2 Å². The maximum atomic E-state index is 11.7. The molecule has 4 nitrogen and oxygen atoms in total. The number of nitrogens with zero attached hydrogens (tertiary/aromatic N) is 1. The first kappa shape index (κ1) is 10.4. The minimum atomic E-state index is -0.329. The average molecular weight is 216 g/mol. The Bertz CT molecular complexity index is 464. The number of fused-ring (bicyclic) bond motifs is 1. The van der Waals surface area contributed by atoms with E-state index in [2.05, 4.69) is 10.5 Å². The van der Waals surface area contributed by atoms with Crippen molar-refractivity contribution in [1.29, 1.82) is 0 Å². The molecule has 16 heavy (non-hydrogen) atoms. The summed E-state index contributed by atoms with van der Waals surface area (Å²) in [7, 11) is 0. The number of carbonyl (C=O) groups excluding carboxylic acids is 1. The van der Waals surface area contributed by atoms with Gasteiger partial charge in [0.2, 0.25) is 0 Å². The molecule has 1 aliphatic rings. The maximum absolute atomic E-state index is 11.7. The summed E-state index contributed by atoms with van der Waals surface area (Å²) >= 11 is 0. The Hall–Kier alpha value is -2.10. The molecular weight excluding hydrogens is 204 g/mol. The smallest absolute Gasteiger partial charge is 0.338 e. The predicted molar refractivity (Wildman–Crippen MR) is 63.2 cm³/mol. The molecule has 0 spiro atoms. The zero-order valence-electron chi connectivity index (χ0n) is 8.93. The van der Waals surface area contributed by atoms with Crippen LogP contribution in [0.5, 0.6) is 0 Å². The van der Waals surface area contributed by atoms with Gasteiger partial charge in [-0.1, -0.05) is 18.2 Å². The second-order valence-electron chi connectivity index (χ2n) is 3.24. The van der Waals surface area contributed by atoms with Crippen molar-refractivity contribution in [3.05, 3.63) is 35.9 Å². The third kappa shape index (κ3) is 1.95. The van der Waals surface area contributed by atoms with Gasteiger partial charge in [0, 0.05) is 11.8 Å². The lowest BCUT2D eigenvalue weighted by atomic mass is 10.0. The molecule has 1 heterocycles. The van der Waals surface area contributed by atoms with Gasteiger partial charge in [-0.2, -0.15) is 5.10 Å². The molecule has 4 heteroatoms. The van der Waals surface area contributed by atoms with E-state index in [1.807, 2.05) is 24.3 Å². The number of hydrogen-bond donors (Lipinski definition) is 1. The molecule has 2 rings (SSSR count). The number of carbonyl (C=O) groups is 1. The van der Waals surface area contributed by atoms with Crippen molar-refractivity contribution < 1.29 is 9.53 Å². The summed E-state index contributed by atoms with van der Waals surface area (Å²) in [6.45, 7) is 2.15. The number of hydrogen-bond acceptors (Lipinski definition) is 4. The van der Waals surface area contributed by atoms with Crippen molar-refractivity contribution in [1.82, 2.24) is 0 Å². The van der Waals surface area contributed by atoms with Crippen molar-refractivity contribution in [3.8, 4) is 0 Å². The van der Waals surface area contributed by atoms with Crippen molar-refractivity contribution in [3.63, 3.8) is 0 Å². The van der Waals surface area contributed by atoms with Crippen molar-refractivity contribution >= 4 is 23.4 Å². The monoisotopic (exact) mass is 216 g/mol. The van der Waals surface area contributed by atoms with Crippen LogP contribution in [0, 0.1) is 0 Å². The number of allylic oxidation sites excluding steroid dienone is 1. The zero-order valence-corrected chi connectivity index (χ0v) is 8.93. The molecule has 0 radical (unpaired) electrons. The van der Waals surface area contributed by atoms with E-state index in [0.717, 1.165) is 11.3 Å². The molecule has 0 atom stereocenters. The molecule has 0 aromatic heterocycles. The van der Waals surface area contributed by atoms with Crippen LogP contribution in [0.3, 0.4) is 0 Å². The van der Waals surface area contributed by atoms with E-state index in [4.69, 9.17) is 4.74 Å². The first-order valence-corrected chi connectivity index (χ1v) is 5.09. The summed E-state index contributed by atoms with van der Waals surface area (Å²) in [4.78, 5) is 11.7. The molecule has 0 aliphatic carbocycles. The van der Waals surface area contributed by atoms with Crippen LogP contribution in [0.2, 0.25) is 0 Å². The Kier molecular flexibility index (Phi) is 3.00. The number of para-hydroxylation sites is 1. The molecule has 1 N–H and O–H groups in total. The number of hydrazone groups is 1. The normalized spacial score (nSPS) is 13.2. The molecule has 0 saturated heterocycles. The zero-order chi connectivity index (χ0) is 11.4. The van der Waals surface area contributed by atoms with Crippen LogP contribution in [-0.2, 0) is 9.53 Å². The Balaban J connectivity index is 2.42. The van der Waals surface area contributed by atoms with Crippen molar-refractivity contribution in [2.45, 2.75) is 6.92 Å². The third-order valence-corrected chi connectivity index (χ3v) is 2.21. The highest BCUT2D eigenvalue weighted by Crippen LogP contribution is 2.25. The summed E-state index contributed by atoms with van der Waals surface area (Å²) in [6, 6.07) is 7.49. The first-order chi connectivity index (χ1) is 7.83. The fraction of sp³-hybridized carbons (Fsp3) is 0.167. The molecule has 82 valence electrons. The summed E-state index contributed by atoms with van der Waals surface area (Å²) in [5.74, 6) is -0.329. The van der Waals surface area contributed by atoms with E-state index in [-0.39, 0.29) is 5.97 Å². The molecule has 0 saturated carbocycles. The largest absolute Gasteiger partial charge is 0.462 e. The Labute approximate surface area is 93.6 Å². The van der Waals surface area contributed by atoms with Gasteiger partial charge in [-0.3, -0.25) is 5.43 Å². The van der Waals surface area contributed by atoms with Crippen molar-refractivity contribution in [2.24, 2.45) is 5.10 Å². The van der Waals surface area contributed by atoms with Gasteiger partial charge >= 0.3 is 5.97 Å². The van der Waals surface area contributed by atoms with Gasteiger partial charge in [0.15, 0.2) is 0 Å². The summed E-state index contributed by atoms with van der Waals surface area (Å²) in [5, 5.41) is 3.95. The van der Waals surface area contributed by atoms with E-state index in [1.165, 1.54) is 0 Å². The lowest BCUT2D eigenvalue weighted by molar-refractivity contribution is -0.136. The van der Waals surface area contributed by atoms with Crippen LogP contribution < -0.4 is 5.43 Å². The minimum Gasteiger partial charge on any atom is -0.462 e. The van der Waals surface area contributed by atoms with Crippen LogP contribution in [0.4, 0.5) is 5.69 Å². The summed E-state index contributed by atoms with van der Waals surface area (Å²) in [6.07, 6.45) is 3.20. The standard InChI is InChI=1S/C12H12N2O2/c1-2-16-12(15)10-7-8-13-14-11-6-4-3-5-9(10)11/h3-8,14H,2H2,1H3. The number of benzene rings is 1. The summed E-state index contributed by atoms with van der Waals surface area (Å²) < 4.78 is 5.00. The van der Waals surface area contributed by atoms with Crippen LogP contribution in [0.25, 0.3) is 5.57 Å². The van der Waals surface area contributed by atoms with E-state index in [1.54, 1.807) is 19.2 Å². The van der Waals surface area contributed by atoms with E-state index < -0.39 is 0 Å². The number of nitrogens with one attached hydrogen (secondary N) is 1. The van der Waals surface area contributed by atoms with Crippen LogP contribution in [-0.4, -0.2) is 18.8 Å². The molecule has 1 aromatic rings. The predicted octanol–water partition coefficient (Wildman–Crippen LogP) is 2.04. The second-order valence-corrected chi connectivity index (χ2v) is 3.24. The average Bonchev–Trinajstić information content (AvgIpc) is 2.51. The number of esters is 1. The highest BCUT2D eigenvalue weighted by atomic mass is 16.5. The van der Waals surface area contributed by atoms with Gasteiger partial charge in [-0.25, -0.2) is 4.79 Å². The van der Waals surface area contributed by atoms with Crippen LogP contribution in [0.15, 0.2) is 35.4 Å². The Morgan fingerprint density at radius 1 is 1.44 bits per heavy atom. The topological polar surface area (TPSA) is 50.7 Å². The SMILES string of the molecule is CCOC(=O)C1=CC=NNc2ccccc21. The van der Waals surface area contributed by atoms with Gasteiger partial charge in [0.25, 0.3) is 0 Å². The van der Waals surface area contributed by atoms with E-state index in [9.17, 15) is 4.79 Å². The fourth-order valence-electron chi connectivity index (χ4n) is 1.51. The quantitative estimate of drug-likeness (QED) is 0.770. The second kappa shape index (κ2) is 4.61. The minimum absolute atomic E-state index is 0.329. The Morgan fingerprint density at radius 3 is 3.06 bits per heavy atom. The third-order valence-electron chi connectivity index (χ3n) is 2.21. The van der Waals surface area contributed by atoms with E-state index >= 15 is 0 Å². The molecular formula is C12H12N2O2.